The number of morpholine rings is 1. The zero-order valence-electron chi connectivity index (χ0n) is 12.5. The fourth-order valence-corrected chi connectivity index (χ4v) is 2.28. The molecule has 0 bridgehead atoms. The van der Waals surface area contributed by atoms with Gasteiger partial charge in [0.1, 0.15) is 6.29 Å². The molecule has 0 saturated carbocycles. The van der Waals surface area contributed by atoms with Gasteiger partial charge in [0.05, 0.1) is 26.4 Å². The van der Waals surface area contributed by atoms with Crippen LogP contribution in [0.15, 0.2) is 18.2 Å². The largest absolute Gasteiger partial charge is 0.490 e. The molecule has 0 amide bonds. The van der Waals surface area contributed by atoms with Crippen molar-refractivity contribution in [2.75, 3.05) is 46.1 Å². The molecule has 1 aliphatic rings. The number of hydrogen-bond donors (Lipinski definition) is 0. The van der Waals surface area contributed by atoms with Gasteiger partial charge in [0.25, 0.3) is 0 Å². The van der Waals surface area contributed by atoms with E-state index in [4.69, 9.17) is 14.2 Å². The van der Waals surface area contributed by atoms with Crippen LogP contribution < -0.4 is 9.47 Å². The summed E-state index contributed by atoms with van der Waals surface area (Å²) in [5.74, 6) is 1.33. The Bertz CT molecular complexity index is 444. The minimum atomic E-state index is 0.548. The summed E-state index contributed by atoms with van der Waals surface area (Å²) in [6.07, 6.45) is 1.77. The molecular weight excluding hydrogens is 270 g/mol. The van der Waals surface area contributed by atoms with Crippen molar-refractivity contribution in [1.82, 2.24) is 4.90 Å². The second kappa shape index (κ2) is 8.64. The molecule has 0 N–H and O–H groups in total. The first kappa shape index (κ1) is 15.8. The number of carbonyl (C=O) groups excluding carboxylic acids is 1. The fourth-order valence-electron chi connectivity index (χ4n) is 2.28. The standard InChI is InChI=1S/C16H23NO4/c1-2-20-16-12-14(13-18)4-5-15(16)21-9-3-6-17-7-10-19-11-8-17/h4-5,12-13H,2-3,6-11H2,1H3. The predicted octanol–water partition coefficient (Wildman–Crippen LogP) is 2.00. The first-order chi connectivity index (χ1) is 10.3. The van der Waals surface area contributed by atoms with E-state index < -0.39 is 0 Å². The molecule has 0 aliphatic carbocycles. The van der Waals surface area contributed by atoms with Gasteiger partial charge in [-0.1, -0.05) is 0 Å². The number of benzene rings is 1. The molecule has 116 valence electrons. The molecular formula is C16H23NO4. The van der Waals surface area contributed by atoms with Gasteiger partial charge in [0, 0.05) is 25.2 Å². The lowest BCUT2D eigenvalue weighted by Crippen LogP contribution is -2.37. The quantitative estimate of drug-likeness (QED) is 0.542. The van der Waals surface area contributed by atoms with E-state index in [1.54, 1.807) is 18.2 Å². The highest BCUT2D eigenvalue weighted by atomic mass is 16.5. The third-order valence-electron chi connectivity index (χ3n) is 3.38. The molecule has 1 heterocycles. The SMILES string of the molecule is CCOc1cc(C=O)ccc1OCCCN1CCOCC1. The van der Waals surface area contributed by atoms with Crippen LogP contribution in [0.2, 0.25) is 0 Å². The highest BCUT2D eigenvalue weighted by Crippen LogP contribution is 2.28. The van der Waals surface area contributed by atoms with Crippen molar-refractivity contribution < 1.29 is 19.0 Å². The van der Waals surface area contributed by atoms with E-state index in [-0.39, 0.29) is 0 Å². The average Bonchev–Trinajstić information content (AvgIpc) is 2.54. The third kappa shape index (κ3) is 5.02. The van der Waals surface area contributed by atoms with Gasteiger partial charge in [-0.3, -0.25) is 9.69 Å². The summed E-state index contributed by atoms with van der Waals surface area (Å²) >= 11 is 0. The second-order valence-corrected chi connectivity index (χ2v) is 4.91. The van der Waals surface area contributed by atoms with Gasteiger partial charge < -0.3 is 14.2 Å². The monoisotopic (exact) mass is 293 g/mol. The smallest absolute Gasteiger partial charge is 0.161 e. The van der Waals surface area contributed by atoms with Crippen LogP contribution in [0.3, 0.4) is 0 Å². The van der Waals surface area contributed by atoms with E-state index in [2.05, 4.69) is 4.90 Å². The topological polar surface area (TPSA) is 48.0 Å². The van der Waals surface area contributed by atoms with Crippen LogP contribution >= 0.6 is 0 Å². The molecule has 0 unspecified atom stereocenters. The number of ether oxygens (including phenoxy) is 3. The molecule has 21 heavy (non-hydrogen) atoms. The summed E-state index contributed by atoms with van der Waals surface area (Å²) < 4.78 is 16.6. The van der Waals surface area contributed by atoms with Crippen molar-refractivity contribution in [3.63, 3.8) is 0 Å². The minimum absolute atomic E-state index is 0.548. The maximum Gasteiger partial charge on any atom is 0.161 e. The summed E-state index contributed by atoms with van der Waals surface area (Å²) in [6, 6.07) is 5.25. The summed E-state index contributed by atoms with van der Waals surface area (Å²) in [4.78, 5) is 13.2. The molecule has 5 nitrogen and oxygen atoms in total. The van der Waals surface area contributed by atoms with Crippen molar-refractivity contribution in [2.45, 2.75) is 13.3 Å². The summed E-state index contributed by atoms with van der Waals surface area (Å²) in [5, 5.41) is 0. The van der Waals surface area contributed by atoms with Crippen LogP contribution in [0.4, 0.5) is 0 Å². The van der Waals surface area contributed by atoms with Crippen molar-refractivity contribution in [2.24, 2.45) is 0 Å². The van der Waals surface area contributed by atoms with Crippen LogP contribution in [0, 0.1) is 0 Å². The van der Waals surface area contributed by atoms with Gasteiger partial charge in [-0.25, -0.2) is 0 Å². The Labute approximate surface area is 125 Å². The van der Waals surface area contributed by atoms with E-state index in [0.717, 1.165) is 45.6 Å². The van der Waals surface area contributed by atoms with E-state index in [0.29, 0.717) is 30.3 Å². The van der Waals surface area contributed by atoms with Crippen molar-refractivity contribution in [3.8, 4) is 11.5 Å². The lowest BCUT2D eigenvalue weighted by Gasteiger charge is -2.26. The number of hydrogen-bond acceptors (Lipinski definition) is 5. The number of nitrogens with zero attached hydrogens (tertiary/aromatic N) is 1. The Morgan fingerprint density at radius 3 is 2.76 bits per heavy atom. The molecule has 0 radical (unpaired) electrons. The van der Waals surface area contributed by atoms with Gasteiger partial charge in [-0.05, 0) is 31.5 Å². The van der Waals surface area contributed by atoms with E-state index in [1.165, 1.54) is 0 Å². The first-order valence-corrected chi connectivity index (χ1v) is 7.48. The molecule has 1 aromatic carbocycles. The summed E-state index contributed by atoms with van der Waals surface area (Å²) in [6.45, 7) is 7.75. The number of aldehydes is 1. The summed E-state index contributed by atoms with van der Waals surface area (Å²) in [5.41, 5.74) is 0.596. The van der Waals surface area contributed by atoms with Crippen molar-refractivity contribution in [3.05, 3.63) is 23.8 Å². The minimum Gasteiger partial charge on any atom is -0.490 e. The molecule has 1 aliphatic heterocycles. The Kier molecular flexibility index (Phi) is 6.50. The first-order valence-electron chi connectivity index (χ1n) is 7.48. The zero-order valence-corrected chi connectivity index (χ0v) is 12.5. The van der Waals surface area contributed by atoms with E-state index >= 15 is 0 Å². The Morgan fingerprint density at radius 1 is 1.24 bits per heavy atom. The molecule has 0 atom stereocenters. The van der Waals surface area contributed by atoms with Crippen LogP contribution in [0.5, 0.6) is 11.5 Å². The number of rotatable bonds is 8. The maximum absolute atomic E-state index is 10.8. The third-order valence-corrected chi connectivity index (χ3v) is 3.38. The van der Waals surface area contributed by atoms with Gasteiger partial charge >= 0.3 is 0 Å². The number of carbonyl (C=O) groups is 1. The molecule has 2 rings (SSSR count). The molecule has 1 fully saturated rings. The van der Waals surface area contributed by atoms with Crippen LogP contribution in [0.25, 0.3) is 0 Å². The van der Waals surface area contributed by atoms with E-state index in [9.17, 15) is 4.79 Å². The maximum atomic E-state index is 10.8. The van der Waals surface area contributed by atoms with Crippen molar-refractivity contribution in [1.29, 1.82) is 0 Å². The Morgan fingerprint density at radius 2 is 2.05 bits per heavy atom. The van der Waals surface area contributed by atoms with Gasteiger partial charge in [0.2, 0.25) is 0 Å². The molecule has 0 spiro atoms. The van der Waals surface area contributed by atoms with Crippen LogP contribution in [-0.4, -0.2) is 57.2 Å². The molecule has 0 aromatic heterocycles. The van der Waals surface area contributed by atoms with Crippen LogP contribution in [-0.2, 0) is 4.74 Å². The lowest BCUT2D eigenvalue weighted by molar-refractivity contribution is 0.0357. The van der Waals surface area contributed by atoms with Crippen molar-refractivity contribution >= 4 is 6.29 Å². The highest BCUT2D eigenvalue weighted by Gasteiger charge is 2.10. The van der Waals surface area contributed by atoms with Gasteiger partial charge in [-0.2, -0.15) is 0 Å². The predicted molar refractivity (Wildman–Crippen MR) is 80.4 cm³/mol. The molecule has 1 aromatic rings. The molecule has 5 heteroatoms. The Balaban J connectivity index is 1.80. The normalized spacial score (nSPS) is 15.7. The van der Waals surface area contributed by atoms with E-state index in [1.807, 2.05) is 6.92 Å². The second-order valence-electron chi connectivity index (χ2n) is 4.91. The highest BCUT2D eigenvalue weighted by molar-refractivity contribution is 5.76. The average molecular weight is 293 g/mol. The molecule has 1 saturated heterocycles. The summed E-state index contributed by atoms with van der Waals surface area (Å²) in [7, 11) is 0. The fraction of sp³-hybridized carbons (Fsp3) is 0.562. The zero-order chi connectivity index (χ0) is 14.9. The van der Waals surface area contributed by atoms with Gasteiger partial charge in [-0.15, -0.1) is 0 Å². The van der Waals surface area contributed by atoms with Gasteiger partial charge in [0.15, 0.2) is 11.5 Å². The lowest BCUT2D eigenvalue weighted by atomic mass is 10.2. The Hall–Kier alpha value is -1.59. The van der Waals surface area contributed by atoms with Crippen LogP contribution in [0.1, 0.15) is 23.7 Å².